The van der Waals surface area contributed by atoms with Gasteiger partial charge in [-0.3, -0.25) is 9.59 Å². The number of rotatable bonds is 2. The number of nitrogens with one attached hydrogen (secondary N) is 1. The highest BCUT2D eigenvalue weighted by Gasteiger charge is 2.19. The summed E-state index contributed by atoms with van der Waals surface area (Å²) in [4.78, 5) is 27.6. The first-order chi connectivity index (χ1) is 10.0. The largest absolute Gasteiger partial charge is 0.341 e. The van der Waals surface area contributed by atoms with Crippen molar-refractivity contribution in [1.29, 1.82) is 0 Å². The molecule has 0 bridgehead atoms. The first kappa shape index (κ1) is 13.4. The fourth-order valence-electron chi connectivity index (χ4n) is 2.83. The van der Waals surface area contributed by atoms with Crippen molar-refractivity contribution in [1.82, 2.24) is 10.4 Å². The fourth-order valence-corrected chi connectivity index (χ4v) is 2.83. The van der Waals surface area contributed by atoms with E-state index >= 15 is 0 Å². The zero-order valence-electron chi connectivity index (χ0n) is 12.0. The van der Waals surface area contributed by atoms with Crippen LogP contribution < -0.4 is 15.8 Å². The van der Waals surface area contributed by atoms with Gasteiger partial charge in [0.15, 0.2) is 0 Å². The Labute approximate surface area is 122 Å². The Morgan fingerprint density at radius 1 is 1.29 bits per heavy atom. The molecular weight excluding hydrogens is 268 g/mol. The topological polar surface area (TPSA) is 58.6 Å². The minimum absolute atomic E-state index is 0.0827. The third-order valence-electron chi connectivity index (χ3n) is 3.43. The second-order valence-corrected chi connectivity index (χ2v) is 5.22. The van der Waals surface area contributed by atoms with Crippen molar-refractivity contribution in [3.05, 3.63) is 46.0 Å². The molecule has 1 heterocycles. The lowest BCUT2D eigenvalue weighted by atomic mass is 9.93. The van der Waals surface area contributed by atoms with E-state index < -0.39 is 0 Å². The van der Waals surface area contributed by atoms with Gasteiger partial charge in [-0.15, -0.1) is 0 Å². The summed E-state index contributed by atoms with van der Waals surface area (Å²) in [5.74, 6) is -0.436. The molecule has 108 valence electrons. The van der Waals surface area contributed by atoms with Crippen LogP contribution in [0.2, 0.25) is 0 Å². The van der Waals surface area contributed by atoms with Crippen LogP contribution >= 0.6 is 0 Å². The summed E-state index contributed by atoms with van der Waals surface area (Å²) in [6.07, 6.45) is 4.51. The van der Waals surface area contributed by atoms with E-state index in [1.54, 1.807) is 0 Å². The predicted octanol–water partition coefficient (Wildman–Crippen LogP) is -0.0549. The van der Waals surface area contributed by atoms with E-state index in [9.17, 15) is 9.59 Å². The second-order valence-electron chi connectivity index (χ2n) is 5.22. The zero-order valence-corrected chi connectivity index (χ0v) is 12.0. The van der Waals surface area contributed by atoms with Gasteiger partial charge < -0.3 is 10.2 Å². The molecular formula is C16H16N2O3. The molecule has 0 spiro atoms. The highest BCUT2D eigenvalue weighted by atomic mass is 16.7. The highest BCUT2D eigenvalue weighted by Crippen LogP contribution is 2.15. The molecule has 0 saturated heterocycles. The Hall–Kier alpha value is -2.56. The second kappa shape index (κ2) is 5.09. The first-order valence-corrected chi connectivity index (χ1v) is 6.79. The van der Waals surface area contributed by atoms with E-state index in [0.717, 1.165) is 16.5 Å². The van der Waals surface area contributed by atoms with E-state index in [0.29, 0.717) is 13.0 Å². The maximum absolute atomic E-state index is 11.3. The van der Waals surface area contributed by atoms with Crippen molar-refractivity contribution in [3.63, 3.8) is 0 Å². The van der Waals surface area contributed by atoms with Crippen molar-refractivity contribution in [3.8, 4) is 0 Å². The maximum atomic E-state index is 11.3. The summed E-state index contributed by atoms with van der Waals surface area (Å²) >= 11 is 0. The number of amides is 1. The molecule has 3 rings (SSSR count). The summed E-state index contributed by atoms with van der Waals surface area (Å²) in [5.41, 5.74) is 3.08. The quantitative estimate of drug-likeness (QED) is 0.827. The third kappa shape index (κ3) is 2.67. The average molecular weight is 284 g/mol. The number of benzene rings is 1. The summed E-state index contributed by atoms with van der Waals surface area (Å²) in [5, 5.41) is 6.57. The maximum Gasteiger partial charge on any atom is 0.329 e. The third-order valence-corrected chi connectivity index (χ3v) is 3.43. The van der Waals surface area contributed by atoms with Crippen LogP contribution in [0.15, 0.2) is 30.0 Å². The van der Waals surface area contributed by atoms with Gasteiger partial charge in [0.05, 0.1) is 6.54 Å². The van der Waals surface area contributed by atoms with Crippen LogP contribution in [0.3, 0.4) is 0 Å². The number of hydrogen-bond acceptors (Lipinski definition) is 4. The minimum atomic E-state index is -0.353. The number of hydrogen-bond donors (Lipinski definition) is 1. The van der Waals surface area contributed by atoms with Crippen molar-refractivity contribution in [2.75, 3.05) is 6.54 Å². The molecule has 1 amide bonds. The van der Waals surface area contributed by atoms with Gasteiger partial charge in [-0.05, 0) is 22.4 Å². The Morgan fingerprint density at radius 2 is 2.10 bits per heavy atom. The van der Waals surface area contributed by atoms with Crippen molar-refractivity contribution >= 4 is 23.6 Å². The SMILES string of the molecule is CC(=O)NC1=CC2=c3c(cccc3=CN(OC(C)=O)C2)C1. The Balaban J connectivity index is 2.08. The Bertz CT molecular complexity index is 777. The minimum Gasteiger partial charge on any atom is -0.341 e. The molecule has 1 aromatic carbocycles. The van der Waals surface area contributed by atoms with Crippen LogP contribution in [0.25, 0.3) is 11.8 Å². The molecule has 5 heteroatoms. The lowest BCUT2D eigenvalue weighted by Crippen LogP contribution is -2.43. The number of allylic oxidation sites excluding steroid dienone is 1. The molecule has 0 fully saturated rings. The standard InChI is InChI=1S/C16H16N2O3/c1-10(19)17-15-6-12-4-3-5-13-8-18(21-11(2)20)9-14(7-15)16(12)13/h3-5,7-8H,6,9H2,1-2H3,(H,17,19). The smallest absolute Gasteiger partial charge is 0.329 e. The van der Waals surface area contributed by atoms with Crippen LogP contribution in [0.5, 0.6) is 0 Å². The summed E-state index contributed by atoms with van der Waals surface area (Å²) in [6, 6.07) is 6.02. The first-order valence-electron chi connectivity index (χ1n) is 6.79. The molecule has 5 nitrogen and oxygen atoms in total. The number of nitrogens with zero attached hydrogens (tertiary/aromatic N) is 1. The molecule has 1 aliphatic heterocycles. The van der Waals surface area contributed by atoms with Gasteiger partial charge in [0.1, 0.15) is 0 Å². The van der Waals surface area contributed by atoms with Crippen molar-refractivity contribution in [2.24, 2.45) is 0 Å². The van der Waals surface area contributed by atoms with E-state index in [1.165, 1.54) is 29.7 Å². The van der Waals surface area contributed by atoms with Crippen LogP contribution in [-0.2, 0) is 20.8 Å². The molecule has 2 aliphatic rings. The Morgan fingerprint density at radius 3 is 2.81 bits per heavy atom. The summed E-state index contributed by atoms with van der Waals surface area (Å²) < 4.78 is 0. The van der Waals surface area contributed by atoms with Gasteiger partial charge in [-0.1, -0.05) is 18.2 Å². The zero-order chi connectivity index (χ0) is 15.0. The fraction of sp³-hybridized carbons (Fsp3) is 0.250. The molecule has 21 heavy (non-hydrogen) atoms. The van der Waals surface area contributed by atoms with Gasteiger partial charge in [-0.25, -0.2) is 5.06 Å². The lowest BCUT2D eigenvalue weighted by molar-refractivity contribution is -0.169. The van der Waals surface area contributed by atoms with Crippen LogP contribution in [0.1, 0.15) is 19.4 Å². The van der Waals surface area contributed by atoms with E-state index in [-0.39, 0.29) is 11.9 Å². The normalized spacial score (nSPS) is 15.6. The van der Waals surface area contributed by atoms with Gasteiger partial charge in [0.2, 0.25) is 5.91 Å². The number of carbonyl (C=O) groups excluding carboxylic acids is 2. The summed E-state index contributed by atoms with van der Waals surface area (Å²) in [7, 11) is 0. The van der Waals surface area contributed by atoms with Gasteiger partial charge in [0.25, 0.3) is 0 Å². The van der Waals surface area contributed by atoms with Gasteiger partial charge in [-0.2, -0.15) is 0 Å². The van der Waals surface area contributed by atoms with Crippen molar-refractivity contribution in [2.45, 2.75) is 20.3 Å². The Kier molecular flexibility index (Phi) is 3.25. The molecule has 0 radical (unpaired) electrons. The number of hydroxylamine groups is 2. The highest BCUT2D eigenvalue weighted by molar-refractivity contribution is 5.77. The van der Waals surface area contributed by atoms with E-state index in [4.69, 9.17) is 4.84 Å². The van der Waals surface area contributed by atoms with Gasteiger partial charge >= 0.3 is 5.97 Å². The van der Waals surface area contributed by atoms with E-state index in [2.05, 4.69) is 11.4 Å². The van der Waals surface area contributed by atoms with Crippen LogP contribution in [0, 0.1) is 0 Å². The summed E-state index contributed by atoms with van der Waals surface area (Å²) in [6.45, 7) is 3.35. The molecule has 1 aromatic rings. The van der Waals surface area contributed by atoms with Crippen molar-refractivity contribution < 1.29 is 14.4 Å². The monoisotopic (exact) mass is 284 g/mol. The molecule has 0 unspecified atom stereocenters. The van der Waals surface area contributed by atoms with Gasteiger partial charge in [0, 0.05) is 37.4 Å². The van der Waals surface area contributed by atoms with Crippen LogP contribution in [-0.4, -0.2) is 23.5 Å². The van der Waals surface area contributed by atoms with Crippen LogP contribution in [0.4, 0.5) is 0 Å². The number of carbonyl (C=O) groups is 2. The average Bonchev–Trinajstić information content (AvgIpc) is 2.36. The molecule has 0 aromatic heterocycles. The lowest BCUT2D eigenvalue weighted by Gasteiger charge is -2.26. The molecule has 0 saturated carbocycles. The molecule has 0 atom stereocenters. The predicted molar refractivity (Wildman–Crippen MR) is 77.6 cm³/mol. The molecule has 1 N–H and O–H groups in total. The molecule has 1 aliphatic carbocycles. The van der Waals surface area contributed by atoms with E-state index in [1.807, 2.05) is 24.4 Å².